The second-order valence-electron chi connectivity index (χ2n) is 9.53. The Hall–Kier alpha value is -4.39. The molecule has 2 aliphatic rings. The summed E-state index contributed by atoms with van der Waals surface area (Å²) in [5, 5.41) is 25.3. The molecule has 3 aromatic rings. The van der Waals surface area contributed by atoms with Gasteiger partial charge in [-0.3, -0.25) is 9.69 Å². The number of urea groups is 1. The van der Waals surface area contributed by atoms with Gasteiger partial charge in [0.05, 0.1) is 30.7 Å². The molecule has 0 bridgehead atoms. The highest BCUT2D eigenvalue weighted by Gasteiger charge is 2.48. The van der Waals surface area contributed by atoms with Gasteiger partial charge >= 0.3 is 18.3 Å². The Labute approximate surface area is 240 Å². The van der Waals surface area contributed by atoms with Crippen LogP contribution in [0.2, 0.25) is 0 Å². The van der Waals surface area contributed by atoms with Crippen molar-refractivity contribution >= 4 is 24.0 Å². The van der Waals surface area contributed by atoms with E-state index in [4.69, 9.17) is 4.74 Å². The highest BCUT2D eigenvalue weighted by Crippen LogP contribution is 2.35. The number of amides is 2. The summed E-state index contributed by atoms with van der Waals surface area (Å²) >= 11 is 0. The first-order chi connectivity index (χ1) is 19.2. The summed E-state index contributed by atoms with van der Waals surface area (Å²) < 4.78 is 35.4. The number of anilines is 1. The van der Waals surface area contributed by atoms with Gasteiger partial charge in [-0.15, -0.1) is 5.10 Å². The number of carbonyl (C=O) groups excluding carboxylic acids is 2. The van der Waals surface area contributed by atoms with Gasteiger partial charge in [-0.2, -0.15) is 0 Å². The minimum Gasteiger partial charge on any atom is -1.00 e. The molecule has 0 saturated carbocycles. The molecule has 2 amide bonds. The largest absolute Gasteiger partial charge is 1.00 e. The van der Waals surface area contributed by atoms with Crippen LogP contribution in [0.1, 0.15) is 19.4 Å². The van der Waals surface area contributed by atoms with E-state index in [0.717, 1.165) is 11.8 Å². The molecule has 216 valence electrons. The number of carbonyl (C=O) groups is 2. The van der Waals surface area contributed by atoms with Crippen molar-refractivity contribution in [2.75, 3.05) is 37.9 Å². The van der Waals surface area contributed by atoms with Crippen molar-refractivity contribution in [3.8, 4) is 5.69 Å². The monoisotopic (exact) mass is 588 g/mol. The molecule has 15 heteroatoms. The molecule has 1 N–H and O–H groups in total. The highest BCUT2D eigenvalue weighted by atomic mass is 35.5. The number of ether oxygens (including phenoxy) is 1. The number of hydrogen-bond acceptors (Lipinski definition) is 9. The Bertz CT molecular complexity index is 1410. The van der Waals surface area contributed by atoms with E-state index in [1.54, 1.807) is 53.2 Å². The summed E-state index contributed by atoms with van der Waals surface area (Å²) in [6.45, 7) is 3.19. The first-order valence-electron chi connectivity index (χ1n) is 12.5. The van der Waals surface area contributed by atoms with Crippen LogP contribution in [0.3, 0.4) is 0 Å². The van der Waals surface area contributed by atoms with Gasteiger partial charge in [-0.05, 0) is 37.3 Å². The van der Waals surface area contributed by atoms with Gasteiger partial charge < -0.3 is 27.2 Å². The Kier molecular flexibility index (Phi) is 8.66. The summed E-state index contributed by atoms with van der Waals surface area (Å²) in [4.78, 5) is 29.2. The molecule has 1 saturated heterocycles. The molecule has 5 rings (SSSR count). The van der Waals surface area contributed by atoms with Gasteiger partial charge in [-0.25, -0.2) is 23.3 Å². The van der Waals surface area contributed by atoms with E-state index < -0.39 is 29.2 Å². The van der Waals surface area contributed by atoms with Gasteiger partial charge in [-0.1, -0.05) is 16.2 Å². The number of benzene rings is 2. The average molecular weight is 589 g/mol. The van der Waals surface area contributed by atoms with Gasteiger partial charge in [0, 0.05) is 37.3 Å². The highest BCUT2D eigenvalue weighted by molar-refractivity contribution is 5.94. The van der Waals surface area contributed by atoms with Crippen LogP contribution in [-0.2, 0) is 15.1 Å². The van der Waals surface area contributed by atoms with Gasteiger partial charge in [0.1, 0.15) is 22.3 Å². The quantitative estimate of drug-likeness (QED) is 0.249. The van der Waals surface area contributed by atoms with Crippen LogP contribution in [0.25, 0.3) is 5.69 Å². The number of hydrogen-bond donors (Lipinski definition) is 1. The predicted octanol–water partition coefficient (Wildman–Crippen LogP) is -1.02. The third kappa shape index (κ3) is 6.04. The second kappa shape index (κ2) is 12.0. The van der Waals surface area contributed by atoms with E-state index in [-0.39, 0.29) is 50.5 Å². The van der Waals surface area contributed by atoms with E-state index in [2.05, 4.69) is 21.8 Å². The number of rotatable bonds is 9. The van der Waals surface area contributed by atoms with E-state index in [1.807, 2.05) is 0 Å². The van der Waals surface area contributed by atoms with Crippen LogP contribution in [0.15, 0.2) is 60.0 Å². The first kappa shape index (κ1) is 29.6. The van der Waals surface area contributed by atoms with E-state index in [1.165, 1.54) is 27.8 Å². The zero-order valence-corrected chi connectivity index (χ0v) is 22.9. The molecule has 1 aromatic heterocycles. The number of halogens is 3. The maximum absolute atomic E-state index is 15.1. The van der Waals surface area contributed by atoms with Crippen LogP contribution >= 0.6 is 0 Å². The smallest absolute Gasteiger partial charge is 0.547 e. The number of esters is 1. The van der Waals surface area contributed by atoms with Gasteiger partial charge in [0.2, 0.25) is 6.73 Å². The molecule has 12 nitrogen and oxygen atoms in total. The topological polar surface area (TPSA) is 120 Å². The van der Waals surface area contributed by atoms with Crippen LogP contribution in [0, 0.1) is 11.6 Å². The molecule has 1 fully saturated rings. The Morgan fingerprint density at radius 2 is 1.90 bits per heavy atom. The van der Waals surface area contributed by atoms with Crippen LogP contribution in [-0.4, -0.2) is 92.3 Å². The third-order valence-corrected chi connectivity index (χ3v) is 6.95. The Balaban J connectivity index is 0.00000387. The average Bonchev–Trinajstić information content (AvgIpc) is 3.69. The summed E-state index contributed by atoms with van der Waals surface area (Å²) in [7, 11) is 0. The lowest BCUT2D eigenvalue weighted by atomic mass is 9.85. The fourth-order valence-corrected chi connectivity index (χ4v) is 4.81. The van der Waals surface area contributed by atoms with E-state index in [9.17, 15) is 19.1 Å². The fourth-order valence-electron chi connectivity index (χ4n) is 4.81. The predicted molar refractivity (Wildman–Crippen MR) is 138 cm³/mol. The number of nitrogens with zero attached hydrogens (tertiary/aromatic N) is 8. The molecular weight excluding hydrogens is 562 g/mol. The molecular formula is C26H27ClF2N8O4. The summed E-state index contributed by atoms with van der Waals surface area (Å²) in [6, 6.07) is 8.75. The van der Waals surface area contributed by atoms with Crippen molar-refractivity contribution in [3.05, 3.63) is 72.1 Å². The molecule has 0 unspecified atom stereocenters. The standard InChI is InChI=1S/C26H27F2N8O4.ClH/c1-18(34-11-12-35(25(34)38)21-4-6-22(7-5-21)36-10-9-29-31-36)26(39,23-8-3-20(27)13-24(23)28)14-33-16-32(15-30-33)17-40-19(2)37;/h3-10,13,18,39H,11-12,14,16-17H2,1-2H3;1H/q+1;/p-1/t18-,26+;/m1./s1. The van der Waals surface area contributed by atoms with Gasteiger partial charge in [0.15, 0.2) is 6.67 Å². The number of aromatic nitrogens is 3. The number of aliphatic hydroxyl groups is 1. The normalized spacial score (nSPS) is 16.9. The Morgan fingerprint density at radius 3 is 2.56 bits per heavy atom. The number of β-amino-alcohol motifs (C(OH)–C–C–N with tert-alkyl or cyclic N) is 1. The Morgan fingerprint density at radius 1 is 1.17 bits per heavy atom. The zero-order valence-electron chi connectivity index (χ0n) is 22.2. The van der Waals surface area contributed by atoms with Crippen LogP contribution in [0.5, 0.6) is 0 Å². The molecule has 2 aliphatic heterocycles. The first-order valence-corrected chi connectivity index (χ1v) is 12.5. The second-order valence-corrected chi connectivity index (χ2v) is 9.53. The maximum Gasteiger partial charge on any atom is 0.547 e. The summed E-state index contributed by atoms with van der Waals surface area (Å²) in [5.41, 5.74) is -0.772. The van der Waals surface area contributed by atoms with Crippen molar-refractivity contribution in [3.63, 3.8) is 0 Å². The molecule has 0 aliphatic carbocycles. The summed E-state index contributed by atoms with van der Waals surface area (Å²) in [5.74, 6) is -2.23. The van der Waals surface area contributed by atoms with Crippen LogP contribution < -0.4 is 17.3 Å². The maximum atomic E-state index is 15.1. The minimum absolute atomic E-state index is 0. The van der Waals surface area contributed by atoms with E-state index >= 15 is 4.39 Å². The lowest BCUT2D eigenvalue weighted by molar-refractivity contribution is -0.144. The van der Waals surface area contributed by atoms with Crippen molar-refractivity contribution in [1.82, 2.24) is 29.8 Å². The number of hydrazone groups is 1. The zero-order chi connectivity index (χ0) is 28.4. The fraction of sp³-hybridized carbons (Fsp3) is 0.346. The van der Waals surface area contributed by atoms with Crippen LogP contribution in [0.4, 0.5) is 19.3 Å². The van der Waals surface area contributed by atoms with Crippen molar-refractivity contribution in [2.24, 2.45) is 5.10 Å². The SMILES string of the molecule is CC(=O)OCN1[C+]=NN(C[C@@](O)(c2ccc(F)cc2F)[C@@H](C)N2CCN(c3ccc(-n4ccnn4)cc3)C2=O)C1.[Cl-]. The lowest BCUT2D eigenvalue weighted by Crippen LogP contribution is -3.00. The van der Waals surface area contributed by atoms with Gasteiger partial charge in [0.25, 0.3) is 0 Å². The molecule has 2 atom stereocenters. The molecule has 0 spiro atoms. The van der Waals surface area contributed by atoms with E-state index in [0.29, 0.717) is 18.3 Å². The van der Waals surface area contributed by atoms with Crippen molar-refractivity contribution in [1.29, 1.82) is 0 Å². The third-order valence-electron chi connectivity index (χ3n) is 6.95. The van der Waals surface area contributed by atoms with Crippen molar-refractivity contribution < 1.29 is 40.6 Å². The van der Waals surface area contributed by atoms with Crippen molar-refractivity contribution in [2.45, 2.75) is 25.5 Å². The summed E-state index contributed by atoms with van der Waals surface area (Å²) in [6.07, 6.45) is 5.93. The molecule has 0 radical (unpaired) electrons. The molecule has 41 heavy (non-hydrogen) atoms. The lowest BCUT2D eigenvalue weighted by Gasteiger charge is -2.40. The minimum atomic E-state index is -2.00. The molecule has 2 aromatic carbocycles. The molecule has 3 heterocycles.